The Morgan fingerprint density at radius 3 is 1.93 bits per heavy atom. The maximum atomic E-state index is 13.1. The number of rotatable bonds is 9. The molecule has 0 aliphatic heterocycles. The van der Waals surface area contributed by atoms with Gasteiger partial charge in [0.15, 0.2) is 0 Å². The molecule has 0 amide bonds. The van der Waals surface area contributed by atoms with Crippen LogP contribution in [0.1, 0.15) is 53.9 Å². The summed E-state index contributed by atoms with van der Waals surface area (Å²) in [6, 6.07) is 19.1. The van der Waals surface area contributed by atoms with Crippen LogP contribution in [0.2, 0.25) is 0 Å². The molecular formula is C31H27F6N2O3. The highest BCUT2D eigenvalue weighted by molar-refractivity contribution is 5.67. The number of ether oxygens (including phenoxy) is 3. The van der Waals surface area contributed by atoms with E-state index in [2.05, 4.69) is 26.1 Å². The summed E-state index contributed by atoms with van der Waals surface area (Å²) in [7, 11) is 0. The molecule has 3 aromatic carbocycles. The summed E-state index contributed by atoms with van der Waals surface area (Å²) in [6.45, 7) is -0.331. The maximum Gasteiger partial charge on any atom is 0.573 e. The van der Waals surface area contributed by atoms with Crippen molar-refractivity contribution in [1.82, 2.24) is 10.2 Å². The summed E-state index contributed by atoms with van der Waals surface area (Å²) in [6.07, 6.45) is -3.30. The van der Waals surface area contributed by atoms with Crippen LogP contribution in [0.5, 0.6) is 17.4 Å². The van der Waals surface area contributed by atoms with Gasteiger partial charge in [-0.15, -0.1) is 31.4 Å². The van der Waals surface area contributed by atoms with Gasteiger partial charge in [0, 0.05) is 17.5 Å². The second kappa shape index (κ2) is 12.4. The Labute approximate surface area is 238 Å². The van der Waals surface area contributed by atoms with Gasteiger partial charge in [-0.05, 0) is 66.8 Å². The molecule has 0 unspecified atom stereocenters. The fraction of sp³-hybridized carbons (Fsp3) is 0.290. The van der Waals surface area contributed by atoms with Crippen molar-refractivity contribution < 1.29 is 40.6 Å². The van der Waals surface area contributed by atoms with Crippen LogP contribution in [0.3, 0.4) is 0 Å². The molecule has 42 heavy (non-hydrogen) atoms. The predicted octanol–water partition coefficient (Wildman–Crippen LogP) is 8.91. The molecule has 4 aromatic rings. The summed E-state index contributed by atoms with van der Waals surface area (Å²) < 4.78 is 92.3. The van der Waals surface area contributed by atoms with E-state index in [1.807, 2.05) is 24.3 Å². The van der Waals surface area contributed by atoms with Gasteiger partial charge in [-0.3, -0.25) is 5.10 Å². The molecule has 1 aromatic heterocycles. The number of halogens is 6. The minimum absolute atomic E-state index is 0.0283. The molecule has 1 N–H and O–H groups in total. The largest absolute Gasteiger partial charge is 0.573 e. The molecule has 1 aliphatic rings. The number of nitrogens with one attached hydrogen (secondary N) is 1. The van der Waals surface area contributed by atoms with E-state index in [-0.39, 0.29) is 35.8 Å². The minimum Gasteiger partial charge on any atom is -0.471 e. The second-order valence-electron chi connectivity index (χ2n) is 9.92. The van der Waals surface area contributed by atoms with Crippen LogP contribution in [0, 0.1) is 6.42 Å². The minimum atomic E-state index is -4.90. The van der Waals surface area contributed by atoms with Gasteiger partial charge in [0.2, 0.25) is 5.88 Å². The first-order valence-electron chi connectivity index (χ1n) is 13.3. The van der Waals surface area contributed by atoms with E-state index < -0.39 is 18.5 Å². The number of hydrogen-bond donors (Lipinski definition) is 1. The Morgan fingerprint density at radius 2 is 1.31 bits per heavy atom. The van der Waals surface area contributed by atoms with Gasteiger partial charge in [0.1, 0.15) is 18.1 Å². The van der Waals surface area contributed by atoms with Gasteiger partial charge in [0.05, 0.1) is 5.69 Å². The summed E-state index contributed by atoms with van der Waals surface area (Å²) >= 11 is 0. The summed E-state index contributed by atoms with van der Waals surface area (Å²) in [5, 5.41) is 7.16. The van der Waals surface area contributed by atoms with Crippen molar-refractivity contribution in [3.05, 3.63) is 101 Å². The van der Waals surface area contributed by atoms with E-state index in [0.717, 1.165) is 31.2 Å². The van der Waals surface area contributed by atoms with Gasteiger partial charge < -0.3 is 14.2 Å². The molecule has 0 atom stereocenters. The van der Waals surface area contributed by atoms with Crippen LogP contribution >= 0.6 is 0 Å². The number of alkyl halides is 6. The first-order valence-corrected chi connectivity index (χ1v) is 13.3. The molecule has 5 rings (SSSR count). The quantitative estimate of drug-likeness (QED) is 0.198. The number of aromatic amines is 1. The van der Waals surface area contributed by atoms with Crippen molar-refractivity contribution >= 4 is 0 Å². The Morgan fingerprint density at radius 1 is 0.738 bits per heavy atom. The standard InChI is InChI=1S/C31H27F6N2O3/c32-30(33,34)41-26-12-6-4-10-23(26)18-25-28(22-16-14-21(15-17-22)20-8-2-1-3-9-20)38-39-29(25)40-19-24-11-5-7-13-27(24)42-31(35,36)37/h1,4-7,10-17,20H,2-3,8-9,18-19H2,(H,38,39). The SMILES string of the molecule is FC(F)(F)Oc1ccccc1COc1n[nH]c(-c2ccc(C3CC[CH]CC3)cc2)c1Cc1ccccc1OC(F)(F)F. The number of hydrogen-bond acceptors (Lipinski definition) is 4. The molecular weight excluding hydrogens is 562 g/mol. The molecule has 0 bridgehead atoms. The lowest BCUT2D eigenvalue weighted by Crippen LogP contribution is -2.18. The van der Waals surface area contributed by atoms with Crippen LogP contribution in [0.15, 0.2) is 72.8 Å². The number of benzene rings is 3. The zero-order chi connectivity index (χ0) is 29.7. The highest BCUT2D eigenvalue weighted by Gasteiger charge is 2.33. The highest BCUT2D eigenvalue weighted by atomic mass is 19.4. The summed E-state index contributed by atoms with van der Waals surface area (Å²) in [5.74, 6) is -0.325. The van der Waals surface area contributed by atoms with E-state index in [4.69, 9.17) is 4.74 Å². The second-order valence-corrected chi connectivity index (χ2v) is 9.92. The monoisotopic (exact) mass is 589 g/mol. The van der Waals surface area contributed by atoms with E-state index in [1.54, 1.807) is 6.07 Å². The van der Waals surface area contributed by atoms with Gasteiger partial charge in [-0.1, -0.05) is 60.7 Å². The first kappa shape index (κ1) is 29.3. The maximum absolute atomic E-state index is 13.1. The number of para-hydroxylation sites is 2. The molecule has 1 fully saturated rings. The fourth-order valence-corrected chi connectivity index (χ4v) is 5.11. The molecule has 0 saturated heterocycles. The van der Waals surface area contributed by atoms with E-state index in [1.165, 1.54) is 48.0 Å². The van der Waals surface area contributed by atoms with Crippen LogP contribution < -0.4 is 14.2 Å². The normalized spacial score (nSPS) is 14.5. The van der Waals surface area contributed by atoms with Gasteiger partial charge in [-0.25, -0.2) is 0 Å². The Hall–Kier alpha value is -4.15. The third-order valence-electron chi connectivity index (χ3n) is 7.07. The third-order valence-corrected chi connectivity index (χ3v) is 7.07. The number of nitrogens with zero attached hydrogens (tertiary/aromatic N) is 1. The molecule has 1 aliphatic carbocycles. The van der Waals surface area contributed by atoms with Crippen molar-refractivity contribution in [1.29, 1.82) is 0 Å². The van der Waals surface area contributed by atoms with Crippen molar-refractivity contribution in [2.45, 2.75) is 57.4 Å². The highest BCUT2D eigenvalue weighted by Crippen LogP contribution is 2.37. The zero-order valence-electron chi connectivity index (χ0n) is 22.3. The van der Waals surface area contributed by atoms with E-state index in [0.29, 0.717) is 17.2 Å². The lowest BCUT2D eigenvalue weighted by atomic mass is 9.84. The smallest absolute Gasteiger partial charge is 0.471 e. The van der Waals surface area contributed by atoms with Crippen LogP contribution in [0.4, 0.5) is 26.3 Å². The molecule has 11 heteroatoms. The zero-order valence-corrected chi connectivity index (χ0v) is 22.3. The van der Waals surface area contributed by atoms with Crippen LogP contribution in [-0.4, -0.2) is 22.9 Å². The topological polar surface area (TPSA) is 56.4 Å². The molecule has 1 radical (unpaired) electrons. The summed E-state index contributed by atoms with van der Waals surface area (Å²) in [4.78, 5) is 0. The van der Waals surface area contributed by atoms with E-state index in [9.17, 15) is 26.3 Å². The van der Waals surface area contributed by atoms with Crippen molar-refractivity contribution in [2.24, 2.45) is 0 Å². The third kappa shape index (κ3) is 7.57. The van der Waals surface area contributed by atoms with Gasteiger partial charge in [0.25, 0.3) is 0 Å². The molecule has 5 nitrogen and oxygen atoms in total. The molecule has 0 spiro atoms. The first-order chi connectivity index (χ1) is 20.1. The molecule has 1 heterocycles. The van der Waals surface area contributed by atoms with Crippen LogP contribution in [0.25, 0.3) is 11.3 Å². The van der Waals surface area contributed by atoms with Crippen molar-refractivity contribution in [2.75, 3.05) is 0 Å². The van der Waals surface area contributed by atoms with Gasteiger partial charge >= 0.3 is 12.7 Å². The fourth-order valence-electron chi connectivity index (χ4n) is 5.11. The Kier molecular flexibility index (Phi) is 8.65. The molecule has 221 valence electrons. The number of aromatic nitrogens is 2. The van der Waals surface area contributed by atoms with Crippen molar-refractivity contribution in [3.8, 4) is 28.6 Å². The lowest BCUT2D eigenvalue weighted by molar-refractivity contribution is -0.276. The number of H-pyrrole nitrogens is 1. The predicted molar refractivity (Wildman–Crippen MR) is 143 cm³/mol. The molecule has 1 saturated carbocycles. The average Bonchev–Trinajstić information content (AvgIpc) is 3.35. The average molecular weight is 590 g/mol. The summed E-state index contributed by atoms with van der Waals surface area (Å²) in [5.41, 5.74) is 3.19. The van der Waals surface area contributed by atoms with Gasteiger partial charge in [-0.2, -0.15) is 0 Å². The van der Waals surface area contributed by atoms with Crippen LogP contribution in [-0.2, 0) is 13.0 Å². The van der Waals surface area contributed by atoms with E-state index >= 15 is 0 Å². The Bertz CT molecular complexity index is 1480. The lowest BCUT2D eigenvalue weighted by Gasteiger charge is -2.22. The Balaban J connectivity index is 1.47. The van der Waals surface area contributed by atoms with Crippen molar-refractivity contribution in [3.63, 3.8) is 0 Å².